The molecular weight excluding hydrogens is 304 g/mol. The van der Waals surface area contributed by atoms with Crippen LogP contribution in [0, 0.1) is 0 Å². The molecule has 1 aliphatic heterocycles. The molecule has 126 valence electrons. The molecule has 0 spiro atoms. The summed E-state index contributed by atoms with van der Waals surface area (Å²) in [5.74, 6) is -0.254. The van der Waals surface area contributed by atoms with Crippen molar-refractivity contribution in [3.63, 3.8) is 0 Å². The molecule has 0 unspecified atom stereocenters. The van der Waals surface area contributed by atoms with Gasteiger partial charge >= 0.3 is 0 Å². The number of amides is 2. The molecule has 24 heavy (non-hydrogen) atoms. The van der Waals surface area contributed by atoms with Gasteiger partial charge in [-0.1, -0.05) is 30.3 Å². The van der Waals surface area contributed by atoms with Crippen LogP contribution < -0.4 is 5.32 Å². The summed E-state index contributed by atoms with van der Waals surface area (Å²) in [5, 5.41) is 6.95. The summed E-state index contributed by atoms with van der Waals surface area (Å²) in [4.78, 5) is 26.8. The maximum Gasteiger partial charge on any atom is 0.255 e. The van der Waals surface area contributed by atoms with Crippen LogP contribution in [0.25, 0.3) is 0 Å². The van der Waals surface area contributed by atoms with Crippen LogP contribution in [0.5, 0.6) is 0 Å². The van der Waals surface area contributed by atoms with E-state index in [1.165, 1.54) is 6.20 Å². The largest absolute Gasteiger partial charge is 0.340 e. The number of likely N-dealkylation sites (tertiary alicyclic amines) is 1. The third-order valence-electron chi connectivity index (χ3n) is 4.27. The standard InChI is InChI=1S/C18H22N4O2/c1-2-22-13-15(11-19-22)17(23)20-16-9-6-10-21(18(16)24)12-14-7-4-3-5-8-14/h3-5,7-8,11,13,16H,2,6,9-10,12H2,1H3,(H,20,23)/t16-/m0/s1. The van der Waals surface area contributed by atoms with Crippen molar-refractivity contribution in [3.8, 4) is 0 Å². The molecule has 6 heteroatoms. The first-order valence-corrected chi connectivity index (χ1v) is 8.33. The molecular formula is C18H22N4O2. The lowest BCUT2D eigenvalue weighted by atomic mass is 10.0. The number of benzene rings is 1. The molecule has 2 heterocycles. The van der Waals surface area contributed by atoms with Gasteiger partial charge in [-0.3, -0.25) is 14.3 Å². The Morgan fingerprint density at radius 2 is 2.12 bits per heavy atom. The quantitative estimate of drug-likeness (QED) is 0.911. The molecule has 1 N–H and O–H groups in total. The molecule has 1 fully saturated rings. The molecule has 2 amide bonds. The molecule has 2 aromatic rings. The molecule has 3 rings (SSSR count). The number of hydrogen-bond donors (Lipinski definition) is 1. The number of hydrogen-bond acceptors (Lipinski definition) is 3. The first kappa shape index (κ1) is 16.2. The summed E-state index contributed by atoms with van der Waals surface area (Å²) in [7, 11) is 0. The number of nitrogens with zero attached hydrogens (tertiary/aromatic N) is 3. The lowest BCUT2D eigenvalue weighted by molar-refractivity contribution is -0.136. The van der Waals surface area contributed by atoms with E-state index < -0.39 is 6.04 Å². The minimum absolute atomic E-state index is 0.0127. The molecule has 1 aromatic carbocycles. The highest BCUT2D eigenvalue weighted by atomic mass is 16.2. The molecule has 1 saturated heterocycles. The van der Waals surface area contributed by atoms with Crippen molar-refractivity contribution in [1.29, 1.82) is 0 Å². The predicted molar refractivity (Wildman–Crippen MR) is 90.2 cm³/mol. The van der Waals surface area contributed by atoms with Crippen LogP contribution in [0.1, 0.15) is 35.7 Å². The summed E-state index contributed by atoms with van der Waals surface area (Å²) in [6.07, 6.45) is 4.80. The summed E-state index contributed by atoms with van der Waals surface area (Å²) in [5.41, 5.74) is 1.59. The van der Waals surface area contributed by atoms with E-state index in [1.807, 2.05) is 42.2 Å². The van der Waals surface area contributed by atoms with E-state index in [0.29, 0.717) is 25.1 Å². The van der Waals surface area contributed by atoms with Crippen LogP contribution in [0.3, 0.4) is 0 Å². The van der Waals surface area contributed by atoms with Crippen LogP contribution in [0.2, 0.25) is 0 Å². The van der Waals surface area contributed by atoms with E-state index in [4.69, 9.17) is 0 Å². The summed E-state index contributed by atoms with van der Waals surface area (Å²) < 4.78 is 1.69. The van der Waals surface area contributed by atoms with Gasteiger partial charge in [-0.15, -0.1) is 0 Å². The number of aryl methyl sites for hydroxylation is 1. The zero-order chi connectivity index (χ0) is 16.9. The van der Waals surface area contributed by atoms with Gasteiger partial charge in [-0.25, -0.2) is 0 Å². The predicted octanol–water partition coefficient (Wildman–Crippen LogP) is 1.82. The van der Waals surface area contributed by atoms with Gasteiger partial charge in [0, 0.05) is 25.8 Å². The Balaban J connectivity index is 1.63. The first-order chi connectivity index (χ1) is 11.7. The summed E-state index contributed by atoms with van der Waals surface area (Å²) in [6, 6.07) is 9.45. The first-order valence-electron chi connectivity index (χ1n) is 8.33. The molecule has 1 aliphatic rings. The fourth-order valence-corrected chi connectivity index (χ4v) is 2.93. The lowest BCUT2D eigenvalue weighted by Gasteiger charge is -2.32. The average Bonchev–Trinajstić information content (AvgIpc) is 3.09. The zero-order valence-electron chi connectivity index (χ0n) is 13.8. The average molecular weight is 326 g/mol. The van der Waals surface area contributed by atoms with Gasteiger partial charge in [0.2, 0.25) is 5.91 Å². The van der Waals surface area contributed by atoms with E-state index in [0.717, 1.165) is 18.5 Å². The van der Waals surface area contributed by atoms with Crippen molar-refractivity contribution in [2.75, 3.05) is 6.54 Å². The summed E-state index contributed by atoms with van der Waals surface area (Å²) >= 11 is 0. The maximum atomic E-state index is 12.6. The van der Waals surface area contributed by atoms with E-state index in [-0.39, 0.29) is 11.8 Å². The van der Waals surface area contributed by atoms with Crippen LogP contribution in [0.4, 0.5) is 0 Å². The van der Waals surface area contributed by atoms with Crippen molar-refractivity contribution in [2.24, 2.45) is 0 Å². The molecule has 1 atom stereocenters. The van der Waals surface area contributed by atoms with E-state index in [1.54, 1.807) is 10.9 Å². The lowest BCUT2D eigenvalue weighted by Crippen LogP contribution is -2.51. The Labute approximate surface area is 141 Å². The molecule has 1 aromatic heterocycles. The smallest absolute Gasteiger partial charge is 0.255 e. The molecule has 6 nitrogen and oxygen atoms in total. The van der Waals surface area contributed by atoms with E-state index in [9.17, 15) is 9.59 Å². The topological polar surface area (TPSA) is 67.2 Å². The second-order valence-corrected chi connectivity index (χ2v) is 6.00. The Morgan fingerprint density at radius 3 is 2.83 bits per heavy atom. The normalized spacial score (nSPS) is 17.8. The Kier molecular flexibility index (Phi) is 4.93. The van der Waals surface area contributed by atoms with Crippen molar-refractivity contribution in [1.82, 2.24) is 20.0 Å². The van der Waals surface area contributed by atoms with Crippen molar-refractivity contribution in [2.45, 2.75) is 38.9 Å². The Morgan fingerprint density at radius 1 is 1.33 bits per heavy atom. The van der Waals surface area contributed by atoms with Gasteiger partial charge in [0.1, 0.15) is 6.04 Å². The van der Waals surface area contributed by atoms with Gasteiger partial charge in [-0.05, 0) is 25.3 Å². The van der Waals surface area contributed by atoms with Crippen molar-refractivity contribution in [3.05, 3.63) is 53.9 Å². The van der Waals surface area contributed by atoms with Crippen LogP contribution in [0.15, 0.2) is 42.7 Å². The molecule has 0 bridgehead atoms. The van der Waals surface area contributed by atoms with Crippen molar-refractivity contribution < 1.29 is 9.59 Å². The van der Waals surface area contributed by atoms with Crippen LogP contribution in [-0.2, 0) is 17.9 Å². The number of nitrogens with one attached hydrogen (secondary N) is 1. The SMILES string of the molecule is CCn1cc(C(=O)N[C@H]2CCCN(Cc3ccccc3)C2=O)cn1. The molecule has 0 aliphatic carbocycles. The van der Waals surface area contributed by atoms with E-state index >= 15 is 0 Å². The number of carbonyl (C=O) groups excluding carboxylic acids is 2. The van der Waals surface area contributed by atoms with Gasteiger partial charge < -0.3 is 10.2 Å². The highest BCUT2D eigenvalue weighted by Gasteiger charge is 2.30. The Bertz CT molecular complexity index is 711. The van der Waals surface area contributed by atoms with Gasteiger partial charge in [0.25, 0.3) is 5.91 Å². The second-order valence-electron chi connectivity index (χ2n) is 6.00. The number of rotatable bonds is 5. The highest BCUT2D eigenvalue weighted by Crippen LogP contribution is 2.15. The Hall–Kier alpha value is -2.63. The number of piperidine rings is 1. The van der Waals surface area contributed by atoms with Crippen LogP contribution in [-0.4, -0.2) is 39.1 Å². The third-order valence-corrected chi connectivity index (χ3v) is 4.27. The minimum atomic E-state index is -0.458. The monoisotopic (exact) mass is 326 g/mol. The zero-order valence-corrected chi connectivity index (χ0v) is 13.8. The van der Waals surface area contributed by atoms with Crippen molar-refractivity contribution >= 4 is 11.8 Å². The highest BCUT2D eigenvalue weighted by molar-refractivity contribution is 5.97. The number of aromatic nitrogens is 2. The molecule has 0 saturated carbocycles. The molecule has 0 radical (unpaired) electrons. The van der Waals surface area contributed by atoms with Crippen LogP contribution >= 0.6 is 0 Å². The summed E-state index contributed by atoms with van der Waals surface area (Å²) in [6.45, 7) is 3.98. The van der Waals surface area contributed by atoms with E-state index in [2.05, 4.69) is 10.4 Å². The van der Waals surface area contributed by atoms with Gasteiger partial charge in [0.05, 0.1) is 11.8 Å². The fraction of sp³-hybridized carbons (Fsp3) is 0.389. The maximum absolute atomic E-state index is 12.6. The number of carbonyl (C=O) groups is 2. The second kappa shape index (κ2) is 7.29. The van der Waals surface area contributed by atoms with Gasteiger partial charge in [-0.2, -0.15) is 5.10 Å². The third kappa shape index (κ3) is 3.64. The fourth-order valence-electron chi connectivity index (χ4n) is 2.93. The van der Waals surface area contributed by atoms with Gasteiger partial charge in [0.15, 0.2) is 0 Å². The minimum Gasteiger partial charge on any atom is -0.340 e.